The molecule has 17 heavy (non-hydrogen) atoms. The van der Waals surface area contributed by atoms with Gasteiger partial charge in [0.25, 0.3) is 0 Å². The van der Waals surface area contributed by atoms with E-state index in [4.69, 9.17) is 0 Å². The van der Waals surface area contributed by atoms with E-state index in [2.05, 4.69) is 31.4 Å². The summed E-state index contributed by atoms with van der Waals surface area (Å²) in [5.41, 5.74) is 0.395. The molecular formula is C14H28N2O. The van der Waals surface area contributed by atoms with Gasteiger partial charge < -0.3 is 10.6 Å². The van der Waals surface area contributed by atoms with Crippen LogP contribution < -0.4 is 10.6 Å². The van der Waals surface area contributed by atoms with Gasteiger partial charge in [0, 0.05) is 12.6 Å². The van der Waals surface area contributed by atoms with Gasteiger partial charge in [-0.25, -0.2) is 0 Å². The molecule has 1 amide bonds. The summed E-state index contributed by atoms with van der Waals surface area (Å²) in [4.78, 5) is 11.7. The van der Waals surface area contributed by atoms with E-state index in [0.717, 1.165) is 13.0 Å². The monoisotopic (exact) mass is 240 g/mol. The maximum atomic E-state index is 11.7. The van der Waals surface area contributed by atoms with Gasteiger partial charge in [0.05, 0.1) is 6.54 Å². The zero-order chi connectivity index (χ0) is 12.7. The highest BCUT2D eigenvalue weighted by molar-refractivity contribution is 5.78. The van der Waals surface area contributed by atoms with Crippen molar-refractivity contribution < 1.29 is 4.79 Å². The van der Waals surface area contributed by atoms with Crippen molar-refractivity contribution >= 4 is 5.91 Å². The minimum Gasteiger partial charge on any atom is -0.354 e. The van der Waals surface area contributed by atoms with E-state index in [1.807, 2.05) is 0 Å². The number of carbonyl (C=O) groups is 1. The van der Waals surface area contributed by atoms with Gasteiger partial charge in [0.15, 0.2) is 0 Å². The molecule has 3 heteroatoms. The van der Waals surface area contributed by atoms with E-state index in [9.17, 15) is 4.79 Å². The number of hydrogen-bond acceptors (Lipinski definition) is 2. The average Bonchev–Trinajstić information content (AvgIpc) is 2.82. The number of hydrogen-bond donors (Lipinski definition) is 2. The predicted molar refractivity (Wildman–Crippen MR) is 72.0 cm³/mol. The smallest absolute Gasteiger partial charge is 0.233 e. The molecule has 0 aliphatic heterocycles. The average molecular weight is 240 g/mol. The molecule has 1 fully saturated rings. The van der Waals surface area contributed by atoms with E-state index < -0.39 is 0 Å². The summed E-state index contributed by atoms with van der Waals surface area (Å²) in [6.45, 7) is 7.80. The van der Waals surface area contributed by atoms with Crippen LogP contribution in [0.15, 0.2) is 0 Å². The van der Waals surface area contributed by atoms with Crippen LogP contribution >= 0.6 is 0 Å². The van der Waals surface area contributed by atoms with E-state index in [-0.39, 0.29) is 5.91 Å². The second kappa shape index (κ2) is 7.00. The molecule has 0 aromatic heterocycles. The van der Waals surface area contributed by atoms with Crippen molar-refractivity contribution in [3.8, 4) is 0 Å². The normalized spacial score (nSPS) is 20.2. The van der Waals surface area contributed by atoms with Crippen LogP contribution in [0, 0.1) is 5.41 Å². The summed E-state index contributed by atoms with van der Waals surface area (Å²) in [5.74, 6) is 0.144. The van der Waals surface area contributed by atoms with Crippen LogP contribution in [0.2, 0.25) is 0 Å². The fraction of sp³-hybridized carbons (Fsp3) is 0.929. The highest BCUT2D eigenvalue weighted by Crippen LogP contribution is 2.40. The van der Waals surface area contributed by atoms with E-state index in [0.29, 0.717) is 18.0 Å². The molecule has 1 atom stereocenters. The van der Waals surface area contributed by atoms with Crippen molar-refractivity contribution in [2.45, 2.75) is 65.3 Å². The lowest BCUT2D eigenvalue weighted by atomic mass is 9.83. The van der Waals surface area contributed by atoms with E-state index in [1.54, 1.807) is 0 Å². The quantitative estimate of drug-likeness (QED) is 0.718. The first kappa shape index (κ1) is 14.5. The van der Waals surface area contributed by atoms with Crippen molar-refractivity contribution in [1.29, 1.82) is 0 Å². The Morgan fingerprint density at radius 3 is 2.47 bits per heavy atom. The molecule has 0 aromatic rings. The fourth-order valence-electron chi connectivity index (χ4n) is 2.54. The van der Waals surface area contributed by atoms with Gasteiger partial charge in [-0.3, -0.25) is 4.79 Å². The summed E-state index contributed by atoms with van der Waals surface area (Å²) in [6, 6.07) is 0.423. The van der Waals surface area contributed by atoms with Crippen LogP contribution in [0.1, 0.15) is 59.3 Å². The highest BCUT2D eigenvalue weighted by atomic mass is 16.1. The van der Waals surface area contributed by atoms with Gasteiger partial charge in [-0.15, -0.1) is 0 Å². The summed E-state index contributed by atoms with van der Waals surface area (Å²) in [7, 11) is 0. The lowest BCUT2D eigenvalue weighted by molar-refractivity contribution is -0.120. The molecule has 1 rings (SSSR count). The van der Waals surface area contributed by atoms with E-state index >= 15 is 0 Å². The minimum atomic E-state index is 0.144. The Kier molecular flexibility index (Phi) is 5.96. The third kappa shape index (κ3) is 4.66. The highest BCUT2D eigenvalue weighted by Gasteiger charge is 2.31. The lowest BCUT2D eigenvalue weighted by Crippen LogP contribution is -2.42. The Labute approximate surface area is 106 Å². The first-order chi connectivity index (χ1) is 8.12. The van der Waals surface area contributed by atoms with Crippen molar-refractivity contribution in [2.24, 2.45) is 5.41 Å². The summed E-state index contributed by atoms with van der Waals surface area (Å²) in [6.07, 6.45) is 7.47. The molecule has 0 spiro atoms. The fourth-order valence-corrected chi connectivity index (χ4v) is 2.54. The Morgan fingerprint density at radius 1 is 1.29 bits per heavy atom. The number of carbonyl (C=O) groups excluding carboxylic acids is 1. The van der Waals surface area contributed by atoms with Crippen molar-refractivity contribution in [3.05, 3.63) is 0 Å². The minimum absolute atomic E-state index is 0.144. The molecule has 1 saturated carbocycles. The molecule has 3 nitrogen and oxygen atoms in total. The first-order valence-corrected chi connectivity index (χ1v) is 7.12. The number of amides is 1. The molecule has 0 saturated heterocycles. The first-order valence-electron chi connectivity index (χ1n) is 7.12. The molecule has 0 bridgehead atoms. The maximum Gasteiger partial charge on any atom is 0.233 e. The Bertz CT molecular complexity index is 234. The summed E-state index contributed by atoms with van der Waals surface area (Å²) < 4.78 is 0. The zero-order valence-electron chi connectivity index (χ0n) is 11.6. The Morgan fingerprint density at radius 2 is 1.94 bits per heavy atom. The third-order valence-corrected chi connectivity index (χ3v) is 4.30. The van der Waals surface area contributed by atoms with Crippen LogP contribution in [0.25, 0.3) is 0 Å². The molecule has 1 unspecified atom stereocenters. The number of rotatable bonds is 7. The van der Waals surface area contributed by atoms with Crippen molar-refractivity contribution in [2.75, 3.05) is 13.1 Å². The largest absolute Gasteiger partial charge is 0.354 e. The lowest BCUT2D eigenvalue weighted by Gasteiger charge is -2.27. The third-order valence-electron chi connectivity index (χ3n) is 4.30. The zero-order valence-corrected chi connectivity index (χ0v) is 11.6. The molecule has 1 aliphatic rings. The molecule has 0 radical (unpaired) electrons. The van der Waals surface area contributed by atoms with Crippen molar-refractivity contribution in [1.82, 2.24) is 10.6 Å². The van der Waals surface area contributed by atoms with Gasteiger partial charge in [0.2, 0.25) is 5.91 Å². The molecule has 1 aliphatic carbocycles. The summed E-state index contributed by atoms with van der Waals surface area (Å²) in [5, 5.41) is 6.32. The SMILES string of the molecule is CCC(C)NCC(=O)NCC1(CC)CCCC1. The van der Waals surface area contributed by atoms with Crippen LogP contribution in [0.3, 0.4) is 0 Å². The van der Waals surface area contributed by atoms with Crippen LogP contribution in [0.5, 0.6) is 0 Å². The second-order valence-corrected chi connectivity index (χ2v) is 5.53. The van der Waals surface area contributed by atoms with Gasteiger partial charge >= 0.3 is 0 Å². The summed E-state index contributed by atoms with van der Waals surface area (Å²) >= 11 is 0. The maximum absolute atomic E-state index is 11.7. The second-order valence-electron chi connectivity index (χ2n) is 5.53. The van der Waals surface area contributed by atoms with Gasteiger partial charge in [-0.05, 0) is 38.0 Å². The van der Waals surface area contributed by atoms with Gasteiger partial charge in [-0.1, -0.05) is 26.7 Å². The predicted octanol–water partition coefficient (Wildman–Crippen LogP) is 2.46. The van der Waals surface area contributed by atoms with Crippen LogP contribution in [-0.2, 0) is 4.79 Å². The Balaban J connectivity index is 2.22. The topological polar surface area (TPSA) is 41.1 Å². The van der Waals surface area contributed by atoms with Gasteiger partial charge in [-0.2, -0.15) is 0 Å². The Hall–Kier alpha value is -0.570. The van der Waals surface area contributed by atoms with Crippen LogP contribution in [-0.4, -0.2) is 25.0 Å². The molecule has 0 aromatic carbocycles. The van der Waals surface area contributed by atoms with Crippen molar-refractivity contribution in [3.63, 3.8) is 0 Å². The van der Waals surface area contributed by atoms with Crippen LogP contribution in [0.4, 0.5) is 0 Å². The molecule has 0 heterocycles. The van der Waals surface area contributed by atoms with E-state index in [1.165, 1.54) is 32.1 Å². The molecule has 2 N–H and O–H groups in total. The van der Waals surface area contributed by atoms with Gasteiger partial charge in [0.1, 0.15) is 0 Å². The molecular weight excluding hydrogens is 212 g/mol. The molecule has 100 valence electrons. The number of nitrogens with one attached hydrogen (secondary N) is 2. The standard InChI is InChI=1S/C14H28N2O/c1-4-12(3)15-10-13(17)16-11-14(5-2)8-6-7-9-14/h12,15H,4-11H2,1-3H3,(H,16,17).